The smallest absolute Gasteiger partial charge is 0.0607 e. The van der Waals surface area contributed by atoms with Crippen LogP contribution >= 0.6 is 0 Å². The fraction of sp³-hybridized carbons (Fsp3) is 0.600. The van der Waals surface area contributed by atoms with Gasteiger partial charge in [0.15, 0.2) is 0 Å². The van der Waals surface area contributed by atoms with E-state index in [0.29, 0.717) is 11.8 Å². The molecule has 3 unspecified atom stereocenters. The molecule has 0 fully saturated rings. The summed E-state index contributed by atoms with van der Waals surface area (Å²) in [5.74, 6) is 0.933. The van der Waals surface area contributed by atoms with Crippen LogP contribution in [0.1, 0.15) is 34.1 Å². The molecule has 0 radical (unpaired) electrons. The summed E-state index contributed by atoms with van der Waals surface area (Å²) < 4.78 is 5.87. The topological polar surface area (TPSA) is 9.23 Å². The lowest BCUT2D eigenvalue weighted by Gasteiger charge is -2.20. The maximum absolute atomic E-state index is 5.87. The molecule has 1 heteroatoms. The summed E-state index contributed by atoms with van der Waals surface area (Å²) in [4.78, 5) is 0. The Morgan fingerprint density at radius 2 is 1.75 bits per heavy atom. The molecule has 0 saturated heterocycles. The van der Waals surface area contributed by atoms with Crippen LogP contribution in [0, 0.1) is 11.8 Å². The number of hydrogen-bond acceptors (Lipinski definition) is 1. The number of rotatable bonds is 8. The molecule has 92 valence electrons. The van der Waals surface area contributed by atoms with Gasteiger partial charge in [-0.1, -0.05) is 37.3 Å². The molecule has 0 rings (SSSR count). The molecule has 0 heterocycles. The normalized spacial score (nSPS) is 17.8. The van der Waals surface area contributed by atoms with Gasteiger partial charge in [-0.25, -0.2) is 0 Å². The van der Waals surface area contributed by atoms with Gasteiger partial charge in [-0.15, -0.1) is 6.58 Å². The third kappa shape index (κ3) is 6.62. The van der Waals surface area contributed by atoms with Crippen molar-refractivity contribution < 1.29 is 4.74 Å². The summed E-state index contributed by atoms with van der Waals surface area (Å²) in [6, 6.07) is 0. The Morgan fingerprint density at radius 1 is 1.12 bits per heavy atom. The van der Waals surface area contributed by atoms with E-state index in [9.17, 15) is 0 Å². The first-order valence-corrected chi connectivity index (χ1v) is 6.13. The van der Waals surface area contributed by atoms with E-state index in [1.54, 1.807) is 0 Å². The van der Waals surface area contributed by atoms with E-state index in [-0.39, 0.29) is 6.10 Å². The van der Waals surface area contributed by atoms with Gasteiger partial charge in [0.25, 0.3) is 0 Å². The Kier molecular flexibility index (Phi) is 8.93. The molecular weight excluding hydrogens is 196 g/mol. The van der Waals surface area contributed by atoms with Crippen LogP contribution in [0.2, 0.25) is 0 Å². The molecule has 0 aromatic carbocycles. The fourth-order valence-corrected chi connectivity index (χ4v) is 1.58. The zero-order chi connectivity index (χ0) is 12.4. The van der Waals surface area contributed by atoms with Crippen LogP contribution < -0.4 is 0 Å². The highest BCUT2D eigenvalue weighted by molar-refractivity contribution is 4.90. The van der Waals surface area contributed by atoms with Gasteiger partial charge >= 0.3 is 0 Å². The second-order valence-corrected chi connectivity index (χ2v) is 4.23. The summed E-state index contributed by atoms with van der Waals surface area (Å²) in [6.45, 7) is 13.0. The van der Waals surface area contributed by atoms with Gasteiger partial charge in [0.1, 0.15) is 0 Å². The van der Waals surface area contributed by atoms with Crippen molar-refractivity contribution in [3.8, 4) is 0 Å². The molecule has 0 aromatic rings. The van der Waals surface area contributed by atoms with Crippen molar-refractivity contribution in [2.24, 2.45) is 11.8 Å². The Morgan fingerprint density at radius 3 is 2.25 bits per heavy atom. The van der Waals surface area contributed by atoms with E-state index < -0.39 is 0 Å². The molecule has 0 saturated carbocycles. The number of hydrogen-bond donors (Lipinski definition) is 0. The van der Waals surface area contributed by atoms with E-state index in [4.69, 9.17) is 4.74 Å². The van der Waals surface area contributed by atoms with Crippen LogP contribution in [0.3, 0.4) is 0 Å². The lowest BCUT2D eigenvalue weighted by atomic mass is 10.0. The van der Waals surface area contributed by atoms with Crippen LogP contribution in [-0.2, 0) is 4.74 Å². The number of allylic oxidation sites excluding steroid dienone is 3. The van der Waals surface area contributed by atoms with E-state index in [1.807, 2.05) is 19.9 Å². The van der Waals surface area contributed by atoms with Gasteiger partial charge < -0.3 is 4.74 Å². The first-order valence-electron chi connectivity index (χ1n) is 6.13. The highest BCUT2D eigenvalue weighted by atomic mass is 16.5. The molecule has 0 bridgehead atoms. The standard InChI is InChI=1S/C15H26O/c1-6-9-13(4)14(5)16-12-15(10-7-2)11-8-3/h6-9,11,13-15H,2,10,12H2,1,3-5H3/b9-6-,11-8-. The average molecular weight is 222 g/mol. The Hall–Kier alpha value is -0.820. The zero-order valence-electron chi connectivity index (χ0n) is 11.1. The maximum Gasteiger partial charge on any atom is 0.0607 e. The van der Waals surface area contributed by atoms with E-state index in [2.05, 4.69) is 44.7 Å². The van der Waals surface area contributed by atoms with Crippen molar-refractivity contribution in [3.63, 3.8) is 0 Å². The summed E-state index contributed by atoms with van der Waals surface area (Å²) in [7, 11) is 0. The summed E-state index contributed by atoms with van der Waals surface area (Å²) in [5, 5.41) is 0. The first kappa shape index (κ1) is 15.2. The molecule has 1 nitrogen and oxygen atoms in total. The minimum atomic E-state index is 0.272. The molecule has 0 spiro atoms. The minimum Gasteiger partial charge on any atom is -0.377 e. The second kappa shape index (κ2) is 9.41. The SMILES string of the molecule is C=CCC(/C=C\C)COC(C)C(C)/C=C\C. The minimum absolute atomic E-state index is 0.272. The van der Waals surface area contributed by atoms with E-state index in [0.717, 1.165) is 13.0 Å². The van der Waals surface area contributed by atoms with Crippen molar-refractivity contribution in [2.75, 3.05) is 6.61 Å². The number of ether oxygens (including phenoxy) is 1. The summed E-state index contributed by atoms with van der Waals surface area (Å²) in [5.41, 5.74) is 0. The van der Waals surface area contributed by atoms with Crippen LogP contribution in [0.5, 0.6) is 0 Å². The highest BCUT2D eigenvalue weighted by Gasteiger charge is 2.11. The summed E-state index contributed by atoms with van der Waals surface area (Å²) in [6.07, 6.45) is 11.7. The van der Waals surface area contributed by atoms with Crippen LogP contribution in [0.15, 0.2) is 37.0 Å². The van der Waals surface area contributed by atoms with Crippen molar-refractivity contribution >= 4 is 0 Å². The Labute approximate surface area is 101 Å². The maximum atomic E-state index is 5.87. The largest absolute Gasteiger partial charge is 0.377 e. The van der Waals surface area contributed by atoms with Gasteiger partial charge in [0.05, 0.1) is 12.7 Å². The van der Waals surface area contributed by atoms with Crippen LogP contribution in [0.25, 0.3) is 0 Å². The third-order valence-corrected chi connectivity index (χ3v) is 2.74. The zero-order valence-corrected chi connectivity index (χ0v) is 11.1. The molecular formula is C15H26O. The van der Waals surface area contributed by atoms with Gasteiger partial charge in [-0.05, 0) is 33.1 Å². The fourth-order valence-electron chi connectivity index (χ4n) is 1.58. The van der Waals surface area contributed by atoms with Gasteiger partial charge in [0, 0.05) is 5.92 Å². The van der Waals surface area contributed by atoms with Crippen LogP contribution in [0.4, 0.5) is 0 Å². The summed E-state index contributed by atoms with van der Waals surface area (Å²) >= 11 is 0. The Balaban J connectivity index is 4.03. The highest BCUT2D eigenvalue weighted by Crippen LogP contribution is 2.13. The molecule has 0 aromatic heterocycles. The van der Waals surface area contributed by atoms with Crippen molar-refractivity contribution in [1.82, 2.24) is 0 Å². The molecule has 0 aliphatic rings. The van der Waals surface area contributed by atoms with Crippen molar-refractivity contribution in [2.45, 2.75) is 40.2 Å². The Bertz CT molecular complexity index is 228. The predicted molar refractivity (Wildman–Crippen MR) is 72.5 cm³/mol. The average Bonchev–Trinajstić information content (AvgIpc) is 2.26. The third-order valence-electron chi connectivity index (χ3n) is 2.74. The van der Waals surface area contributed by atoms with E-state index >= 15 is 0 Å². The van der Waals surface area contributed by atoms with E-state index in [1.165, 1.54) is 0 Å². The van der Waals surface area contributed by atoms with Crippen molar-refractivity contribution in [3.05, 3.63) is 37.0 Å². The molecule has 0 amide bonds. The van der Waals surface area contributed by atoms with Gasteiger partial charge in [0.2, 0.25) is 0 Å². The lowest BCUT2D eigenvalue weighted by molar-refractivity contribution is 0.0289. The molecule has 3 atom stereocenters. The monoisotopic (exact) mass is 222 g/mol. The van der Waals surface area contributed by atoms with Crippen molar-refractivity contribution in [1.29, 1.82) is 0 Å². The molecule has 16 heavy (non-hydrogen) atoms. The van der Waals surface area contributed by atoms with Gasteiger partial charge in [-0.2, -0.15) is 0 Å². The second-order valence-electron chi connectivity index (χ2n) is 4.23. The molecule has 0 aliphatic carbocycles. The lowest BCUT2D eigenvalue weighted by Crippen LogP contribution is -2.20. The molecule has 0 aliphatic heterocycles. The predicted octanol–water partition coefficient (Wildman–Crippen LogP) is 4.37. The van der Waals surface area contributed by atoms with Crippen LogP contribution in [-0.4, -0.2) is 12.7 Å². The quantitative estimate of drug-likeness (QED) is 0.554. The first-order chi connectivity index (χ1) is 7.65. The molecule has 0 N–H and O–H groups in total. The van der Waals surface area contributed by atoms with Gasteiger partial charge in [-0.3, -0.25) is 0 Å².